The number of nitrogen functional groups attached to an aromatic ring is 1. The fourth-order valence-electron chi connectivity index (χ4n) is 1.81. The first kappa shape index (κ1) is 11.6. The van der Waals surface area contributed by atoms with Gasteiger partial charge in [0.15, 0.2) is 0 Å². The largest absolute Gasteiger partial charge is 0.383 e. The van der Waals surface area contributed by atoms with E-state index in [1.165, 1.54) is 4.57 Å². The van der Waals surface area contributed by atoms with Gasteiger partial charge in [-0.1, -0.05) is 0 Å². The first-order valence-electron chi connectivity index (χ1n) is 5.56. The number of nitrogens with zero attached hydrogens (tertiary/aromatic N) is 3. The van der Waals surface area contributed by atoms with Gasteiger partial charge in [0.2, 0.25) is 5.69 Å². The van der Waals surface area contributed by atoms with Crippen LogP contribution in [0, 0.1) is 10.8 Å². The topological polar surface area (TPSA) is 99.4 Å². The number of aromatic nitrogens is 2. The van der Waals surface area contributed by atoms with Crippen LogP contribution in [0.4, 0.5) is 11.5 Å². The second-order valence-electron chi connectivity index (χ2n) is 4.21. The Kier molecular flexibility index (Phi) is 2.83. The Morgan fingerprint density at radius 3 is 2.47 bits per heavy atom. The molecule has 2 rings (SSSR count). The number of anilines is 1. The van der Waals surface area contributed by atoms with Gasteiger partial charge in [-0.3, -0.25) is 13.9 Å². The minimum Gasteiger partial charge on any atom is -0.383 e. The van der Waals surface area contributed by atoms with E-state index in [-0.39, 0.29) is 11.5 Å². The minimum absolute atomic E-state index is 0.149. The average molecular weight is 238 g/mol. The van der Waals surface area contributed by atoms with Gasteiger partial charge in [0, 0.05) is 13.1 Å². The van der Waals surface area contributed by atoms with Crippen molar-refractivity contribution in [3.8, 4) is 0 Å². The number of hydrogen-bond donors (Lipinski definition) is 1. The van der Waals surface area contributed by atoms with Gasteiger partial charge in [0.05, 0.1) is 0 Å². The van der Waals surface area contributed by atoms with E-state index < -0.39 is 11.2 Å². The lowest BCUT2D eigenvalue weighted by Gasteiger charge is -2.11. The van der Waals surface area contributed by atoms with E-state index in [1.807, 2.05) is 0 Å². The summed E-state index contributed by atoms with van der Waals surface area (Å²) in [5.41, 5.74) is 4.06. The highest BCUT2D eigenvalue weighted by Gasteiger charge is 2.25. The summed E-state index contributed by atoms with van der Waals surface area (Å²) >= 11 is 0. The Balaban J connectivity index is 2.68. The van der Waals surface area contributed by atoms with Crippen LogP contribution in [0.1, 0.15) is 19.8 Å². The van der Waals surface area contributed by atoms with Crippen molar-refractivity contribution in [1.29, 1.82) is 0 Å². The summed E-state index contributed by atoms with van der Waals surface area (Å²) in [6, 6.07) is 0. The van der Waals surface area contributed by atoms with Crippen LogP contribution in [-0.2, 0) is 13.1 Å². The van der Waals surface area contributed by atoms with Gasteiger partial charge < -0.3 is 5.73 Å². The Hall–Kier alpha value is -1.92. The Morgan fingerprint density at radius 2 is 2.00 bits per heavy atom. The highest BCUT2D eigenvalue weighted by molar-refractivity contribution is 5.55. The molecule has 1 heterocycles. The molecule has 17 heavy (non-hydrogen) atoms. The summed E-state index contributed by atoms with van der Waals surface area (Å²) in [5, 5.41) is 2.64. The van der Waals surface area contributed by atoms with Gasteiger partial charge in [-0.05, 0) is 30.9 Å². The molecule has 1 fully saturated rings. The van der Waals surface area contributed by atoms with E-state index in [1.54, 1.807) is 6.92 Å². The molecule has 1 saturated carbocycles. The summed E-state index contributed by atoms with van der Waals surface area (Å²) in [5.74, 6) is 0.207. The summed E-state index contributed by atoms with van der Waals surface area (Å²) in [7, 11) is 0. The van der Waals surface area contributed by atoms with Crippen molar-refractivity contribution in [2.24, 2.45) is 11.1 Å². The molecule has 1 aliphatic rings. The molecule has 0 atom stereocenters. The number of nitroso groups, excluding NO2 is 1. The average Bonchev–Trinajstić information content (AvgIpc) is 3.09. The molecule has 0 bridgehead atoms. The highest BCUT2D eigenvalue weighted by atomic mass is 16.3. The number of nitrogens with two attached hydrogens (primary N) is 1. The first-order valence-corrected chi connectivity index (χ1v) is 5.56. The highest BCUT2D eigenvalue weighted by Crippen LogP contribution is 2.30. The maximum atomic E-state index is 12.0. The fraction of sp³-hybridized carbons (Fsp3) is 0.600. The number of rotatable bonds is 4. The maximum absolute atomic E-state index is 12.0. The molecule has 0 saturated heterocycles. The standard InChI is InChI=1S/C10H14N4O3/c1-2-13-8(11)7(12-17)9(15)14(10(13)16)5-6-3-4-6/h6H,2-5,11H2,1H3. The molecule has 0 spiro atoms. The van der Waals surface area contributed by atoms with Gasteiger partial charge in [-0.15, -0.1) is 4.91 Å². The predicted molar refractivity (Wildman–Crippen MR) is 63.2 cm³/mol. The van der Waals surface area contributed by atoms with Crippen LogP contribution < -0.4 is 17.0 Å². The van der Waals surface area contributed by atoms with Crippen molar-refractivity contribution in [2.75, 3.05) is 5.73 Å². The molecule has 0 amide bonds. The molecule has 1 aliphatic carbocycles. The van der Waals surface area contributed by atoms with Crippen molar-refractivity contribution >= 4 is 11.5 Å². The maximum Gasteiger partial charge on any atom is 0.332 e. The third-order valence-corrected chi connectivity index (χ3v) is 2.99. The zero-order valence-corrected chi connectivity index (χ0v) is 9.55. The summed E-state index contributed by atoms with van der Waals surface area (Å²) in [4.78, 5) is 34.4. The molecule has 1 aromatic rings. The molecular formula is C10H14N4O3. The molecule has 2 N–H and O–H groups in total. The molecule has 0 aliphatic heterocycles. The normalized spacial score (nSPS) is 14.9. The van der Waals surface area contributed by atoms with E-state index in [0.717, 1.165) is 17.4 Å². The smallest absolute Gasteiger partial charge is 0.332 e. The molecule has 1 aromatic heterocycles. The Labute approximate surface area is 96.8 Å². The van der Waals surface area contributed by atoms with Crippen molar-refractivity contribution in [3.63, 3.8) is 0 Å². The third kappa shape index (κ3) is 1.88. The van der Waals surface area contributed by atoms with Crippen molar-refractivity contribution in [3.05, 3.63) is 25.7 Å². The quantitative estimate of drug-likeness (QED) is 0.768. The SMILES string of the molecule is CCn1c(N)c(N=O)c(=O)n(CC2CC2)c1=O. The molecule has 0 radical (unpaired) electrons. The molecule has 7 heteroatoms. The van der Waals surface area contributed by atoms with Crippen LogP contribution >= 0.6 is 0 Å². The lowest BCUT2D eigenvalue weighted by molar-refractivity contribution is 0.538. The van der Waals surface area contributed by atoms with E-state index in [0.29, 0.717) is 19.0 Å². The molecule has 0 aromatic carbocycles. The molecular weight excluding hydrogens is 224 g/mol. The molecule has 92 valence electrons. The van der Waals surface area contributed by atoms with E-state index in [9.17, 15) is 14.5 Å². The summed E-state index contributed by atoms with van der Waals surface area (Å²) < 4.78 is 2.26. The number of hydrogen-bond acceptors (Lipinski definition) is 5. The lowest BCUT2D eigenvalue weighted by atomic mass is 10.4. The van der Waals surface area contributed by atoms with Gasteiger partial charge in [-0.25, -0.2) is 4.79 Å². The van der Waals surface area contributed by atoms with Crippen LogP contribution in [0.5, 0.6) is 0 Å². The Morgan fingerprint density at radius 1 is 1.35 bits per heavy atom. The summed E-state index contributed by atoms with van der Waals surface area (Å²) in [6.07, 6.45) is 2.01. The van der Waals surface area contributed by atoms with Crippen LogP contribution in [-0.4, -0.2) is 9.13 Å². The van der Waals surface area contributed by atoms with Crippen LogP contribution in [0.3, 0.4) is 0 Å². The Bertz CT molecular complexity index is 568. The lowest BCUT2D eigenvalue weighted by Crippen LogP contribution is -2.41. The molecule has 7 nitrogen and oxygen atoms in total. The van der Waals surface area contributed by atoms with Crippen LogP contribution in [0.25, 0.3) is 0 Å². The van der Waals surface area contributed by atoms with Gasteiger partial charge in [-0.2, -0.15) is 0 Å². The van der Waals surface area contributed by atoms with E-state index in [2.05, 4.69) is 5.18 Å². The van der Waals surface area contributed by atoms with Crippen molar-refractivity contribution in [1.82, 2.24) is 9.13 Å². The zero-order valence-electron chi connectivity index (χ0n) is 9.55. The molecule has 0 unspecified atom stereocenters. The first-order chi connectivity index (χ1) is 8.10. The summed E-state index contributed by atoms with van der Waals surface area (Å²) in [6.45, 7) is 2.37. The van der Waals surface area contributed by atoms with E-state index in [4.69, 9.17) is 5.73 Å². The third-order valence-electron chi connectivity index (χ3n) is 2.99. The van der Waals surface area contributed by atoms with Crippen LogP contribution in [0.15, 0.2) is 14.8 Å². The predicted octanol–water partition coefficient (Wildman–Crippen LogP) is 0.420. The monoisotopic (exact) mass is 238 g/mol. The fourth-order valence-corrected chi connectivity index (χ4v) is 1.81. The second kappa shape index (κ2) is 4.15. The second-order valence-corrected chi connectivity index (χ2v) is 4.21. The van der Waals surface area contributed by atoms with Gasteiger partial charge in [0.25, 0.3) is 5.56 Å². The van der Waals surface area contributed by atoms with Gasteiger partial charge in [0.1, 0.15) is 5.82 Å². The minimum atomic E-state index is -0.681. The van der Waals surface area contributed by atoms with E-state index >= 15 is 0 Å². The van der Waals surface area contributed by atoms with Crippen LogP contribution in [0.2, 0.25) is 0 Å². The van der Waals surface area contributed by atoms with Gasteiger partial charge >= 0.3 is 5.69 Å². The van der Waals surface area contributed by atoms with Crippen molar-refractivity contribution < 1.29 is 0 Å². The zero-order chi connectivity index (χ0) is 12.6. The van der Waals surface area contributed by atoms with Crippen molar-refractivity contribution in [2.45, 2.75) is 32.9 Å².